The Morgan fingerprint density at radius 3 is 2.39 bits per heavy atom. The lowest BCUT2D eigenvalue weighted by Gasteiger charge is -2.27. The number of carbonyl (C=O) groups is 2. The second-order valence-electron chi connectivity index (χ2n) is 6.85. The molecule has 150 valence electrons. The number of hydrogen-bond donors (Lipinski definition) is 0. The van der Waals surface area contributed by atoms with Gasteiger partial charge in [0.25, 0.3) is 0 Å². The highest BCUT2D eigenvalue weighted by Gasteiger charge is 2.22. The molecule has 2 amide bonds. The Hall–Kier alpha value is -2.58. The molecule has 1 aliphatic heterocycles. The number of benzene rings is 1. The van der Waals surface area contributed by atoms with Crippen molar-refractivity contribution in [2.75, 3.05) is 52.3 Å². The summed E-state index contributed by atoms with van der Waals surface area (Å²) in [6.45, 7) is 1.80. The van der Waals surface area contributed by atoms with Gasteiger partial charge in [0.05, 0.1) is 19.6 Å². The highest BCUT2D eigenvalue weighted by Crippen LogP contribution is 2.34. The van der Waals surface area contributed by atoms with Gasteiger partial charge in [0.15, 0.2) is 11.5 Å². The predicted octanol–water partition coefficient (Wildman–Crippen LogP) is 2.07. The van der Waals surface area contributed by atoms with Gasteiger partial charge in [-0.2, -0.15) is 0 Å². The van der Waals surface area contributed by atoms with Crippen LogP contribution in [-0.4, -0.2) is 69.1 Å². The summed E-state index contributed by atoms with van der Waals surface area (Å²) in [5.74, 6) is 1.20. The Bertz CT molecular complexity index is 823. The molecule has 0 unspecified atom stereocenters. The van der Waals surface area contributed by atoms with E-state index < -0.39 is 0 Å². The molecule has 0 bridgehead atoms. The second kappa shape index (κ2) is 9.07. The van der Waals surface area contributed by atoms with Crippen molar-refractivity contribution in [3.8, 4) is 11.5 Å². The normalized spacial score (nSPS) is 12.7. The molecule has 0 aliphatic carbocycles. The Morgan fingerprint density at radius 2 is 1.71 bits per heavy atom. The Morgan fingerprint density at radius 1 is 1.00 bits per heavy atom. The highest BCUT2D eigenvalue weighted by atomic mass is 32.1. The number of nitrogens with zero attached hydrogens (tertiary/aromatic N) is 3. The van der Waals surface area contributed by atoms with Gasteiger partial charge in [0, 0.05) is 30.7 Å². The number of amides is 2. The third-order valence-corrected chi connectivity index (χ3v) is 5.20. The standard InChI is InChI=1S/C20H25N3O4S/c1-21(2)19(24)13-22(3)14-20(25)23(12-16-5-4-10-28-16)15-6-7-17-18(11-15)27-9-8-26-17/h4-7,10-11H,8-9,12-14H2,1-3H3. The Labute approximate surface area is 169 Å². The summed E-state index contributed by atoms with van der Waals surface area (Å²) in [4.78, 5) is 31.1. The summed E-state index contributed by atoms with van der Waals surface area (Å²) in [7, 11) is 5.18. The minimum Gasteiger partial charge on any atom is -0.486 e. The van der Waals surface area contributed by atoms with E-state index >= 15 is 0 Å². The SMILES string of the molecule is CN(CC(=O)N(C)C)CC(=O)N(Cc1cccs1)c1ccc2c(c1)OCCO2. The summed E-state index contributed by atoms with van der Waals surface area (Å²) < 4.78 is 11.2. The van der Waals surface area contributed by atoms with Crippen molar-refractivity contribution in [3.63, 3.8) is 0 Å². The first-order valence-electron chi connectivity index (χ1n) is 9.05. The van der Waals surface area contributed by atoms with Crippen LogP contribution in [0.3, 0.4) is 0 Å². The van der Waals surface area contributed by atoms with Crippen LogP contribution in [-0.2, 0) is 16.1 Å². The molecule has 28 heavy (non-hydrogen) atoms. The van der Waals surface area contributed by atoms with Crippen LogP contribution in [0, 0.1) is 0 Å². The summed E-state index contributed by atoms with van der Waals surface area (Å²) in [6, 6.07) is 9.50. The Kier molecular flexibility index (Phi) is 6.53. The Balaban J connectivity index is 1.78. The molecule has 1 aliphatic rings. The van der Waals surface area contributed by atoms with Crippen molar-refractivity contribution in [3.05, 3.63) is 40.6 Å². The molecule has 0 saturated heterocycles. The van der Waals surface area contributed by atoms with Crippen LogP contribution >= 0.6 is 11.3 Å². The van der Waals surface area contributed by atoms with Crippen LogP contribution in [0.1, 0.15) is 4.88 Å². The number of likely N-dealkylation sites (N-methyl/N-ethyl adjacent to an activating group) is 2. The van der Waals surface area contributed by atoms with E-state index in [-0.39, 0.29) is 24.9 Å². The van der Waals surface area contributed by atoms with Crippen molar-refractivity contribution >= 4 is 28.8 Å². The molecule has 0 spiro atoms. The maximum Gasteiger partial charge on any atom is 0.241 e. The van der Waals surface area contributed by atoms with Gasteiger partial charge in [-0.05, 0) is 30.6 Å². The third-order valence-electron chi connectivity index (χ3n) is 4.34. The fourth-order valence-electron chi connectivity index (χ4n) is 2.83. The lowest BCUT2D eigenvalue weighted by molar-refractivity contribution is -0.130. The maximum absolute atomic E-state index is 13.1. The van der Waals surface area contributed by atoms with E-state index in [1.165, 1.54) is 4.90 Å². The molecule has 2 heterocycles. The number of anilines is 1. The zero-order chi connectivity index (χ0) is 20.1. The summed E-state index contributed by atoms with van der Waals surface area (Å²) in [5, 5.41) is 1.99. The van der Waals surface area contributed by atoms with E-state index in [2.05, 4.69) is 0 Å². The van der Waals surface area contributed by atoms with Gasteiger partial charge < -0.3 is 19.3 Å². The van der Waals surface area contributed by atoms with Crippen LogP contribution in [0.15, 0.2) is 35.7 Å². The lowest BCUT2D eigenvalue weighted by Crippen LogP contribution is -2.42. The van der Waals surface area contributed by atoms with Crippen molar-refractivity contribution in [2.24, 2.45) is 0 Å². The van der Waals surface area contributed by atoms with Gasteiger partial charge in [-0.25, -0.2) is 0 Å². The summed E-state index contributed by atoms with van der Waals surface area (Å²) in [5.41, 5.74) is 0.745. The van der Waals surface area contributed by atoms with E-state index in [0.29, 0.717) is 31.3 Å². The largest absolute Gasteiger partial charge is 0.486 e. The first-order valence-corrected chi connectivity index (χ1v) is 9.93. The van der Waals surface area contributed by atoms with Crippen LogP contribution in [0.4, 0.5) is 5.69 Å². The van der Waals surface area contributed by atoms with E-state index in [1.54, 1.807) is 42.3 Å². The molecule has 1 aromatic carbocycles. The predicted molar refractivity (Wildman–Crippen MR) is 109 cm³/mol. The zero-order valence-corrected chi connectivity index (χ0v) is 17.2. The fourth-order valence-corrected chi connectivity index (χ4v) is 3.52. The topological polar surface area (TPSA) is 62.3 Å². The summed E-state index contributed by atoms with van der Waals surface area (Å²) >= 11 is 1.60. The van der Waals surface area contributed by atoms with Crippen molar-refractivity contribution in [1.82, 2.24) is 9.80 Å². The number of rotatable bonds is 7. The van der Waals surface area contributed by atoms with Gasteiger partial charge in [0.2, 0.25) is 11.8 Å². The smallest absolute Gasteiger partial charge is 0.241 e. The number of fused-ring (bicyclic) bond motifs is 1. The average molecular weight is 404 g/mol. The fraction of sp³-hybridized carbons (Fsp3) is 0.400. The number of ether oxygens (including phenoxy) is 2. The monoisotopic (exact) mass is 403 g/mol. The molecule has 0 N–H and O–H groups in total. The molecular weight excluding hydrogens is 378 g/mol. The van der Waals surface area contributed by atoms with Crippen molar-refractivity contribution in [1.29, 1.82) is 0 Å². The van der Waals surface area contributed by atoms with Gasteiger partial charge in [-0.3, -0.25) is 14.5 Å². The van der Waals surface area contributed by atoms with Gasteiger partial charge in [-0.1, -0.05) is 6.07 Å². The minimum atomic E-state index is -0.0841. The van der Waals surface area contributed by atoms with Gasteiger partial charge >= 0.3 is 0 Å². The van der Waals surface area contributed by atoms with Crippen LogP contribution < -0.4 is 14.4 Å². The molecule has 8 heteroatoms. The van der Waals surface area contributed by atoms with Crippen LogP contribution in [0.5, 0.6) is 11.5 Å². The second-order valence-corrected chi connectivity index (χ2v) is 7.88. The molecule has 3 rings (SSSR count). The molecule has 7 nitrogen and oxygen atoms in total. The quantitative estimate of drug-likeness (QED) is 0.708. The maximum atomic E-state index is 13.1. The molecule has 2 aromatic rings. The first kappa shape index (κ1) is 20.2. The molecular formula is C20H25N3O4S. The lowest BCUT2D eigenvalue weighted by atomic mass is 10.2. The number of hydrogen-bond acceptors (Lipinski definition) is 6. The van der Waals surface area contributed by atoms with Gasteiger partial charge in [-0.15, -0.1) is 11.3 Å². The molecule has 0 atom stereocenters. The molecule has 0 saturated carbocycles. The van der Waals surface area contributed by atoms with Gasteiger partial charge in [0.1, 0.15) is 13.2 Å². The first-order chi connectivity index (χ1) is 13.4. The zero-order valence-electron chi connectivity index (χ0n) is 16.4. The van der Waals surface area contributed by atoms with E-state index in [0.717, 1.165) is 10.6 Å². The number of carbonyl (C=O) groups excluding carboxylic acids is 2. The molecule has 0 radical (unpaired) electrons. The van der Waals surface area contributed by atoms with Crippen molar-refractivity contribution < 1.29 is 19.1 Å². The minimum absolute atomic E-state index is 0.0422. The van der Waals surface area contributed by atoms with Crippen molar-refractivity contribution in [2.45, 2.75) is 6.54 Å². The van der Waals surface area contributed by atoms with E-state index in [1.807, 2.05) is 35.7 Å². The molecule has 0 fully saturated rings. The van der Waals surface area contributed by atoms with Crippen LogP contribution in [0.2, 0.25) is 0 Å². The highest BCUT2D eigenvalue weighted by molar-refractivity contribution is 7.09. The van der Waals surface area contributed by atoms with Crippen LogP contribution in [0.25, 0.3) is 0 Å². The van der Waals surface area contributed by atoms with E-state index in [4.69, 9.17) is 9.47 Å². The summed E-state index contributed by atoms with van der Waals surface area (Å²) in [6.07, 6.45) is 0. The molecule has 1 aromatic heterocycles. The third kappa shape index (κ3) is 5.02. The number of thiophene rings is 1. The average Bonchev–Trinajstić information content (AvgIpc) is 3.18. The van der Waals surface area contributed by atoms with E-state index in [9.17, 15) is 9.59 Å².